The van der Waals surface area contributed by atoms with Crippen LogP contribution in [0.2, 0.25) is 0 Å². The summed E-state index contributed by atoms with van der Waals surface area (Å²) < 4.78 is 70.2. The average molecular weight is 590 g/mol. The Bertz CT molecular complexity index is 1350. The molecule has 10 nitrogen and oxygen atoms in total. The van der Waals surface area contributed by atoms with Gasteiger partial charge in [-0.2, -0.15) is 18.3 Å². The lowest BCUT2D eigenvalue weighted by molar-refractivity contribution is -0.145. The fourth-order valence-corrected chi connectivity index (χ4v) is 5.26. The minimum Gasteiger partial charge on any atom is -0.369 e. The van der Waals surface area contributed by atoms with Crippen molar-refractivity contribution in [1.82, 2.24) is 34.8 Å². The maximum Gasteiger partial charge on any atom is 0.389 e. The molecule has 0 radical (unpaired) electrons. The van der Waals surface area contributed by atoms with Crippen molar-refractivity contribution in [1.29, 1.82) is 0 Å². The fraction of sp³-hybridized carbons (Fsp3) is 0.583. The van der Waals surface area contributed by atoms with E-state index >= 15 is 0 Å². The number of aliphatic hydroxyl groups excluding tert-OH is 1. The molecular weight excluding hydrogens is 561 g/mol. The lowest BCUT2D eigenvalue weighted by Crippen LogP contribution is -2.37. The zero-order valence-electron chi connectivity index (χ0n) is 21.6. The predicted octanol–water partition coefficient (Wildman–Crippen LogP) is 4.45. The van der Waals surface area contributed by atoms with Gasteiger partial charge in [0.1, 0.15) is 4.88 Å². The maximum atomic E-state index is 13.9. The van der Waals surface area contributed by atoms with Gasteiger partial charge in [-0.05, 0) is 42.3 Å². The van der Waals surface area contributed by atoms with Gasteiger partial charge in [0.05, 0.1) is 36.2 Å². The van der Waals surface area contributed by atoms with Crippen LogP contribution in [-0.4, -0.2) is 53.2 Å². The van der Waals surface area contributed by atoms with Gasteiger partial charge in [-0.15, -0.1) is 5.10 Å². The third kappa shape index (κ3) is 7.27. The molecule has 0 saturated heterocycles. The summed E-state index contributed by atoms with van der Waals surface area (Å²) in [4.78, 5) is 29.9. The van der Waals surface area contributed by atoms with E-state index in [2.05, 4.69) is 30.3 Å². The lowest BCUT2D eigenvalue weighted by Gasteiger charge is -2.33. The molecule has 1 aliphatic rings. The molecule has 1 aliphatic carbocycles. The highest BCUT2D eigenvalue weighted by Crippen LogP contribution is 2.41. The first-order valence-electron chi connectivity index (χ1n) is 12.6. The molecule has 2 atom stereocenters. The van der Waals surface area contributed by atoms with Crippen LogP contribution in [0, 0.1) is 5.92 Å². The van der Waals surface area contributed by atoms with Crippen LogP contribution in [0.25, 0.3) is 5.65 Å². The quantitative estimate of drug-likeness (QED) is 0.248. The van der Waals surface area contributed by atoms with Gasteiger partial charge in [-0.25, -0.2) is 18.3 Å². The number of fused-ring (bicyclic) bond motifs is 1. The topological polar surface area (TPSA) is 134 Å². The first-order valence-corrected chi connectivity index (χ1v) is 13.4. The molecule has 16 heteroatoms. The molecule has 1 fully saturated rings. The molecule has 218 valence electrons. The summed E-state index contributed by atoms with van der Waals surface area (Å²) in [6, 6.07) is 0.631. The number of halogens is 5. The van der Waals surface area contributed by atoms with Gasteiger partial charge in [-0.3, -0.25) is 9.59 Å². The van der Waals surface area contributed by atoms with E-state index in [1.165, 1.54) is 23.0 Å². The van der Waals surface area contributed by atoms with Gasteiger partial charge >= 0.3 is 6.18 Å². The number of imidazole rings is 1. The summed E-state index contributed by atoms with van der Waals surface area (Å²) in [6.45, 7) is 3.74. The molecule has 0 bridgehead atoms. The molecule has 40 heavy (non-hydrogen) atoms. The molecule has 0 spiro atoms. The van der Waals surface area contributed by atoms with Crippen molar-refractivity contribution in [3.8, 4) is 0 Å². The first kappa shape index (κ1) is 29.7. The molecule has 4 rings (SSSR count). The standard InChI is InChI=1S/C24H28F5N7O3S/c1-12(2)18-20(40-35-34-18)22(39)33-19(13-3-6-23(25,26)7-4-13)15-11-36-16(31-15)9-14(10-30-36)21(38)32-17(37)5-8-24(27,28)29/h9-13,19,21,38H,3-8H2,1-2H3,(H,32,37)(H,33,39)/t19-,21+/m0/s1. The number of carbonyl (C=O) groups is 2. The van der Waals surface area contributed by atoms with Gasteiger partial charge in [-0.1, -0.05) is 18.3 Å². The van der Waals surface area contributed by atoms with Gasteiger partial charge < -0.3 is 15.7 Å². The van der Waals surface area contributed by atoms with Gasteiger partial charge in [0.15, 0.2) is 11.9 Å². The Labute approximate surface area is 229 Å². The number of amides is 2. The van der Waals surface area contributed by atoms with Crippen LogP contribution in [0.5, 0.6) is 0 Å². The van der Waals surface area contributed by atoms with Crippen molar-refractivity contribution in [2.45, 2.75) is 82.7 Å². The van der Waals surface area contributed by atoms with Crippen molar-refractivity contribution < 1.29 is 36.6 Å². The van der Waals surface area contributed by atoms with E-state index in [-0.39, 0.29) is 48.7 Å². The summed E-state index contributed by atoms with van der Waals surface area (Å²) in [5.74, 6) is -4.65. The first-order chi connectivity index (χ1) is 18.7. The van der Waals surface area contributed by atoms with Crippen LogP contribution in [0.15, 0.2) is 18.5 Å². The second kappa shape index (κ2) is 11.7. The van der Waals surface area contributed by atoms with E-state index in [1.54, 1.807) is 0 Å². The Morgan fingerprint density at radius 2 is 1.93 bits per heavy atom. The summed E-state index contributed by atoms with van der Waals surface area (Å²) in [5, 5.41) is 23.5. The van der Waals surface area contributed by atoms with E-state index in [4.69, 9.17) is 0 Å². The van der Waals surface area contributed by atoms with E-state index in [0.29, 0.717) is 16.3 Å². The number of hydrogen-bond donors (Lipinski definition) is 3. The Morgan fingerprint density at radius 3 is 2.58 bits per heavy atom. The van der Waals surface area contributed by atoms with Crippen molar-refractivity contribution in [2.24, 2.45) is 5.92 Å². The molecule has 0 unspecified atom stereocenters. The summed E-state index contributed by atoms with van der Waals surface area (Å²) >= 11 is 0.933. The molecular formula is C24H28F5N7O3S. The van der Waals surface area contributed by atoms with Crippen LogP contribution < -0.4 is 10.6 Å². The number of rotatable bonds is 9. The number of aromatic nitrogens is 5. The van der Waals surface area contributed by atoms with Crippen LogP contribution in [-0.2, 0) is 4.79 Å². The van der Waals surface area contributed by atoms with E-state index in [9.17, 15) is 36.6 Å². The van der Waals surface area contributed by atoms with Crippen LogP contribution >= 0.6 is 11.5 Å². The highest BCUT2D eigenvalue weighted by Gasteiger charge is 2.40. The molecule has 3 aromatic rings. The Morgan fingerprint density at radius 1 is 1.23 bits per heavy atom. The van der Waals surface area contributed by atoms with E-state index < -0.39 is 49.0 Å². The smallest absolute Gasteiger partial charge is 0.369 e. The molecule has 2 amide bonds. The van der Waals surface area contributed by atoms with Crippen LogP contribution in [0.3, 0.4) is 0 Å². The number of nitrogens with zero attached hydrogens (tertiary/aromatic N) is 5. The summed E-state index contributed by atoms with van der Waals surface area (Å²) in [6.07, 6.45) is -5.97. The normalized spacial score (nSPS) is 17.6. The lowest BCUT2D eigenvalue weighted by atomic mass is 9.81. The minimum absolute atomic E-state index is 0.0653. The van der Waals surface area contributed by atoms with Crippen molar-refractivity contribution in [3.05, 3.63) is 40.3 Å². The Kier molecular flexibility index (Phi) is 8.68. The summed E-state index contributed by atoms with van der Waals surface area (Å²) in [7, 11) is 0. The van der Waals surface area contributed by atoms with E-state index in [1.807, 2.05) is 13.8 Å². The Balaban J connectivity index is 1.57. The van der Waals surface area contributed by atoms with Crippen molar-refractivity contribution in [2.75, 3.05) is 0 Å². The molecule has 0 aliphatic heterocycles. The zero-order valence-corrected chi connectivity index (χ0v) is 22.4. The van der Waals surface area contributed by atoms with Crippen LogP contribution in [0.4, 0.5) is 22.0 Å². The molecule has 3 aromatic heterocycles. The van der Waals surface area contributed by atoms with Gasteiger partial charge in [0.25, 0.3) is 5.91 Å². The zero-order chi connectivity index (χ0) is 29.2. The molecule has 0 aromatic carbocycles. The van der Waals surface area contributed by atoms with Gasteiger partial charge in [0, 0.05) is 24.8 Å². The number of alkyl halides is 5. The molecule has 3 N–H and O–H groups in total. The third-order valence-corrected chi connectivity index (χ3v) is 7.45. The van der Waals surface area contributed by atoms with Crippen molar-refractivity contribution >= 4 is 29.0 Å². The molecule has 3 heterocycles. The number of aliphatic hydroxyl groups is 1. The second-order valence-electron chi connectivity index (χ2n) is 10.1. The number of carbonyl (C=O) groups excluding carboxylic acids is 2. The summed E-state index contributed by atoms with van der Waals surface area (Å²) in [5.41, 5.74) is 1.14. The SMILES string of the molecule is CC(C)c1nnsc1C(=O)N[C@H](c1cn2ncc([C@@H](O)NC(=O)CCC(F)(F)F)cc2n1)C1CCC(F)(F)CC1. The van der Waals surface area contributed by atoms with E-state index in [0.717, 1.165) is 11.5 Å². The maximum absolute atomic E-state index is 13.9. The predicted molar refractivity (Wildman–Crippen MR) is 132 cm³/mol. The molecule has 1 saturated carbocycles. The third-order valence-electron chi connectivity index (χ3n) is 6.71. The highest BCUT2D eigenvalue weighted by molar-refractivity contribution is 7.08. The number of hydrogen-bond acceptors (Lipinski definition) is 8. The fourth-order valence-electron chi connectivity index (χ4n) is 4.54. The number of nitrogens with one attached hydrogen (secondary N) is 2. The monoisotopic (exact) mass is 589 g/mol. The van der Waals surface area contributed by atoms with Crippen molar-refractivity contribution in [3.63, 3.8) is 0 Å². The van der Waals surface area contributed by atoms with Gasteiger partial charge in [0.2, 0.25) is 11.8 Å². The average Bonchev–Trinajstić information content (AvgIpc) is 3.53. The second-order valence-corrected chi connectivity index (χ2v) is 10.9. The largest absolute Gasteiger partial charge is 0.389 e. The highest BCUT2D eigenvalue weighted by atomic mass is 32.1. The minimum atomic E-state index is -4.51. The Hall–Kier alpha value is -3.27. The van der Waals surface area contributed by atoms with Crippen LogP contribution in [0.1, 0.15) is 97.2 Å².